The number of rotatable bonds is 9. The standard InChI is InChI=1S/C14H22N2O3/c1-2-3-9-16(11-14(18)19)13(7-10-17)12-6-4-5-8-15-12/h4-6,8,13,17H,2-3,7,9-11H2,1H3,(H,18,19). The number of aliphatic hydroxyl groups is 1. The molecular formula is C14H22N2O3. The van der Waals surface area contributed by atoms with Gasteiger partial charge in [0.2, 0.25) is 0 Å². The second-order valence-corrected chi connectivity index (χ2v) is 4.50. The molecule has 0 bridgehead atoms. The summed E-state index contributed by atoms with van der Waals surface area (Å²) in [6.07, 6.45) is 4.12. The van der Waals surface area contributed by atoms with Crippen LogP contribution < -0.4 is 0 Å². The summed E-state index contributed by atoms with van der Waals surface area (Å²) in [5, 5.41) is 18.2. The molecule has 0 saturated heterocycles. The molecule has 1 aromatic heterocycles. The molecule has 0 spiro atoms. The Bertz CT molecular complexity index is 370. The molecule has 1 aromatic rings. The molecule has 5 nitrogen and oxygen atoms in total. The highest BCUT2D eigenvalue weighted by Crippen LogP contribution is 2.22. The normalized spacial score (nSPS) is 12.6. The van der Waals surface area contributed by atoms with E-state index in [0.717, 1.165) is 18.5 Å². The molecule has 0 fully saturated rings. The van der Waals surface area contributed by atoms with Gasteiger partial charge in [0.25, 0.3) is 0 Å². The monoisotopic (exact) mass is 266 g/mol. The molecule has 0 aliphatic rings. The maximum absolute atomic E-state index is 11.0. The molecule has 1 rings (SSSR count). The van der Waals surface area contributed by atoms with Crippen molar-refractivity contribution in [2.45, 2.75) is 32.2 Å². The molecule has 0 amide bonds. The summed E-state index contributed by atoms with van der Waals surface area (Å²) in [4.78, 5) is 17.2. The van der Waals surface area contributed by atoms with E-state index in [4.69, 9.17) is 5.11 Å². The maximum atomic E-state index is 11.0. The van der Waals surface area contributed by atoms with Crippen molar-refractivity contribution in [1.82, 2.24) is 9.88 Å². The first-order valence-corrected chi connectivity index (χ1v) is 6.66. The lowest BCUT2D eigenvalue weighted by atomic mass is 10.1. The number of aliphatic hydroxyl groups excluding tert-OH is 1. The Morgan fingerprint density at radius 2 is 2.26 bits per heavy atom. The summed E-state index contributed by atoms with van der Waals surface area (Å²) < 4.78 is 0. The summed E-state index contributed by atoms with van der Waals surface area (Å²) in [5.41, 5.74) is 0.814. The van der Waals surface area contributed by atoms with Crippen molar-refractivity contribution in [3.63, 3.8) is 0 Å². The molecule has 1 unspecified atom stereocenters. The van der Waals surface area contributed by atoms with Crippen molar-refractivity contribution >= 4 is 5.97 Å². The largest absolute Gasteiger partial charge is 0.480 e. The molecular weight excluding hydrogens is 244 g/mol. The van der Waals surface area contributed by atoms with Gasteiger partial charge in [0, 0.05) is 12.8 Å². The van der Waals surface area contributed by atoms with Gasteiger partial charge in [-0.25, -0.2) is 0 Å². The zero-order valence-electron chi connectivity index (χ0n) is 11.3. The second-order valence-electron chi connectivity index (χ2n) is 4.50. The van der Waals surface area contributed by atoms with Crippen molar-refractivity contribution in [1.29, 1.82) is 0 Å². The van der Waals surface area contributed by atoms with Crippen LogP contribution in [0.2, 0.25) is 0 Å². The van der Waals surface area contributed by atoms with Gasteiger partial charge in [-0.15, -0.1) is 0 Å². The van der Waals surface area contributed by atoms with E-state index in [1.54, 1.807) is 6.20 Å². The fourth-order valence-electron chi connectivity index (χ4n) is 2.09. The van der Waals surface area contributed by atoms with Crippen LogP contribution in [0.3, 0.4) is 0 Å². The summed E-state index contributed by atoms with van der Waals surface area (Å²) in [6.45, 7) is 2.76. The van der Waals surface area contributed by atoms with Crippen LogP contribution in [-0.4, -0.2) is 45.8 Å². The highest BCUT2D eigenvalue weighted by atomic mass is 16.4. The number of carbonyl (C=O) groups is 1. The number of carboxylic acid groups (broad SMARTS) is 1. The molecule has 2 N–H and O–H groups in total. The van der Waals surface area contributed by atoms with Gasteiger partial charge >= 0.3 is 5.97 Å². The number of aliphatic carboxylic acids is 1. The topological polar surface area (TPSA) is 73.7 Å². The zero-order chi connectivity index (χ0) is 14.1. The van der Waals surface area contributed by atoms with Gasteiger partial charge in [-0.3, -0.25) is 14.7 Å². The summed E-state index contributed by atoms with van der Waals surface area (Å²) >= 11 is 0. The van der Waals surface area contributed by atoms with Crippen molar-refractivity contribution in [3.05, 3.63) is 30.1 Å². The SMILES string of the molecule is CCCCN(CC(=O)O)C(CCO)c1ccccn1. The van der Waals surface area contributed by atoms with Gasteiger partial charge in [0.15, 0.2) is 0 Å². The predicted octanol–water partition coefficient (Wildman–Crippen LogP) is 1.69. The van der Waals surface area contributed by atoms with Crippen LogP contribution >= 0.6 is 0 Å². The van der Waals surface area contributed by atoms with Crippen LogP contribution in [0.15, 0.2) is 24.4 Å². The number of carboxylic acids is 1. The van der Waals surface area contributed by atoms with Crippen LogP contribution in [-0.2, 0) is 4.79 Å². The molecule has 106 valence electrons. The van der Waals surface area contributed by atoms with E-state index in [2.05, 4.69) is 11.9 Å². The van der Waals surface area contributed by atoms with Crippen LogP contribution in [0.25, 0.3) is 0 Å². The Kier molecular flexibility index (Phi) is 7.07. The van der Waals surface area contributed by atoms with E-state index in [1.807, 2.05) is 23.1 Å². The Hall–Kier alpha value is -1.46. The number of pyridine rings is 1. The third kappa shape index (κ3) is 5.36. The number of hydrogen-bond acceptors (Lipinski definition) is 4. The van der Waals surface area contributed by atoms with Gasteiger partial charge in [-0.2, -0.15) is 0 Å². The average molecular weight is 266 g/mol. The van der Waals surface area contributed by atoms with Crippen LogP contribution in [0.5, 0.6) is 0 Å². The Labute approximate surface area is 113 Å². The van der Waals surface area contributed by atoms with E-state index in [9.17, 15) is 9.90 Å². The highest BCUT2D eigenvalue weighted by Gasteiger charge is 2.22. The molecule has 0 aromatic carbocycles. The molecule has 0 aliphatic heterocycles. The highest BCUT2D eigenvalue weighted by molar-refractivity contribution is 5.69. The minimum Gasteiger partial charge on any atom is -0.480 e. The van der Waals surface area contributed by atoms with Gasteiger partial charge < -0.3 is 10.2 Å². The van der Waals surface area contributed by atoms with Crippen molar-refractivity contribution in [3.8, 4) is 0 Å². The van der Waals surface area contributed by atoms with E-state index in [1.165, 1.54) is 0 Å². The fourth-order valence-corrected chi connectivity index (χ4v) is 2.09. The third-order valence-corrected chi connectivity index (χ3v) is 3.01. The van der Waals surface area contributed by atoms with E-state index in [-0.39, 0.29) is 19.2 Å². The van der Waals surface area contributed by atoms with Gasteiger partial charge in [-0.05, 0) is 31.5 Å². The quantitative estimate of drug-likeness (QED) is 0.711. The van der Waals surface area contributed by atoms with Crippen molar-refractivity contribution < 1.29 is 15.0 Å². The molecule has 1 atom stereocenters. The summed E-state index contributed by atoms with van der Waals surface area (Å²) in [7, 11) is 0. The van der Waals surface area contributed by atoms with Gasteiger partial charge in [0.05, 0.1) is 18.3 Å². The lowest BCUT2D eigenvalue weighted by molar-refractivity contribution is -0.139. The minimum atomic E-state index is -0.852. The zero-order valence-corrected chi connectivity index (χ0v) is 11.3. The van der Waals surface area contributed by atoms with Crippen molar-refractivity contribution in [2.24, 2.45) is 0 Å². The lowest BCUT2D eigenvalue weighted by Gasteiger charge is -2.29. The fraction of sp³-hybridized carbons (Fsp3) is 0.571. The second kappa shape index (κ2) is 8.61. The number of unbranched alkanes of at least 4 members (excludes halogenated alkanes) is 1. The molecule has 0 aliphatic carbocycles. The Morgan fingerprint density at radius 1 is 1.47 bits per heavy atom. The van der Waals surface area contributed by atoms with Crippen molar-refractivity contribution in [2.75, 3.05) is 19.7 Å². The first-order valence-electron chi connectivity index (χ1n) is 6.66. The molecule has 0 saturated carbocycles. The number of aromatic nitrogens is 1. The summed E-state index contributed by atoms with van der Waals surface area (Å²) in [6, 6.07) is 5.44. The smallest absolute Gasteiger partial charge is 0.317 e. The summed E-state index contributed by atoms with van der Waals surface area (Å²) in [5.74, 6) is -0.852. The number of hydrogen-bond donors (Lipinski definition) is 2. The minimum absolute atomic E-state index is 0.0173. The van der Waals surface area contributed by atoms with Gasteiger partial charge in [0.1, 0.15) is 0 Å². The first-order chi connectivity index (χ1) is 9.19. The van der Waals surface area contributed by atoms with Crippen LogP contribution in [0, 0.1) is 0 Å². The van der Waals surface area contributed by atoms with Crippen LogP contribution in [0.4, 0.5) is 0 Å². The lowest BCUT2D eigenvalue weighted by Crippen LogP contribution is -2.35. The maximum Gasteiger partial charge on any atom is 0.317 e. The van der Waals surface area contributed by atoms with E-state index < -0.39 is 5.97 Å². The molecule has 0 radical (unpaired) electrons. The molecule has 5 heteroatoms. The molecule has 1 heterocycles. The Balaban J connectivity index is 2.87. The van der Waals surface area contributed by atoms with E-state index in [0.29, 0.717) is 13.0 Å². The molecule has 19 heavy (non-hydrogen) atoms. The predicted molar refractivity (Wildman–Crippen MR) is 72.8 cm³/mol. The first kappa shape index (κ1) is 15.6. The van der Waals surface area contributed by atoms with E-state index >= 15 is 0 Å². The average Bonchev–Trinajstić information content (AvgIpc) is 2.41. The van der Waals surface area contributed by atoms with Gasteiger partial charge in [-0.1, -0.05) is 19.4 Å². The third-order valence-electron chi connectivity index (χ3n) is 3.01. The van der Waals surface area contributed by atoms with Crippen LogP contribution in [0.1, 0.15) is 37.9 Å². The number of nitrogens with zero attached hydrogens (tertiary/aromatic N) is 2. The Morgan fingerprint density at radius 3 is 2.79 bits per heavy atom.